The normalized spacial score (nSPS) is 10.5. The van der Waals surface area contributed by atoms with Gasteiger partial charge in [0.25, 0.3) is 11.5 Å². The lowest BCUT2D eigenvalue weighted by Gasteiger charge is -2.17. The zero-order chi connectivity index (χ0) is 15.6. The Hall–Kier alpha value is -2.02. The summed E-state index contributed by atoms with van der Waals surface area (Å²) in [6, 6.07) is 7.18. The zero-order valence-corrected chi connectivity index (χ0v) is 13.1. The van der Waals surface area contributed by atoms with Crippen LogP contribution in [0.5, 0.6) is 0 Å². The molecule has 0 unspecified atom stereocenters. The van der Waals surface area contributed by atoms with E-state index < -0.39 is 0 Å². The molecule has 2 aromatic rings. The number of aryl methyl sites for hydroxylation is 1. The lowest BCUT2D eigenvalue weighted by Crippen LogP contribution is -2.30. The van der Waals surface area contributed by atoms with Crippen molar-refractivity contribution in [1.29, 1.82) is 0 Å². The van der Waals surface area contributed by atoms with Crippen LogP contribution in [0.15, 0.2) is 39.6 Å². The van der Waals surface area contributed by atoms with Gasteiger partial charge in [-0.25, -0.2) is 9.07 Å². The Morgan fingerprint density at radius 1 is 1.38 bits per heavy atom. The molecule has 0 aliphatic heterocycles. The second kappa shape index (κ2) is 6.17. The second-order valence-electron chi connectivity index (χ2n) is 4.58. The summed E-state index contributed by atoms with van der Waals surface area (Å²) >= 11 is 3.27. The third kappa shape index (κ3) is 3.55. The van der Waals surface area contributed by atoms with Crippen LogP contribution in [0.25, 0.3) is 0 Å². The largest absolute Gasteiger partial charge is 0.336 e. The number of nitrogens with zero attached hydrogens (tertiary/aromatic N) is 3. The Bertz CT molecular complexity index is 745. The molecule has 0 radical (unpaired) electrons. The maximum atomic E-state index is 13.7. The van der Waals surface area contributed by atoms with Crippen molar-refractivity contribution in [3.05, 3.63) is 62.2 Å². The van der Waals surface area contributed by atoms with Gasteiger partial charge in [0.2, 0.25) is 0 Å². The van der Waals surface area contributed by atoms with Crippen LogP contribution in [-0.4, -0.2) is 27.6 Å². The minimum absolute atomic E-state index is 0.106. The maximum Gasteiger partial charge on any atom is 0.274 e. The second-order valence-corrected chi connectivity index (χ2v) is 5.49. The van der Waals surface area contributed by atoms with Gasteiger partial charge in [-0.05, 0) is 24.3 Å². The molecule has 0 atom stereocenters. The lowest BCUT2D eigenvalue weighted by atomic mass is 10.2. The molecule has 0 aliphatic rings. The van der Waals surface area contributed by atoms with E-state index in [0.717, 1.165) is 9.15 Å². The number of hydrogen-bond acceptors (Lipinski definition) is 3. The van der Waals surface area contributed by atoms with Crippen molar-refractivity contribution < 1.29 is 9.18 Å². The number of rotatable bonds is 3. The maximum absolute atomic E-state index is 13.7. The number of carbonyl (C=O) groups excluding carboxylic acids is 1. The molecule has 21 heavy (non-hydrogen) atoms. The molecule has 0 bridgehead atoms. The van der Waals surface area contributed by atoms with Gasteiger partial charge in [0.1, 0.15) is 11.5 Å². The predicted octanol–water partition coefficient (Wildman–Crippen LogP) is 1.95. The summed E-state index contributed by atoms with van der Waals surface area (Å²) in [6.45, 7) is 0.106. The first-order valence-electron chi connectivity index (χ1n) is 6.12. The minimum Gasteiger partial charge on any atom is -0.336 e. The van der Waals surface area contributed by atoms with Crippen LogP contribution in [0.3, 0.4) is 0 Å². The summed E-state index contributed by atoms with van der Waals surface area (Å²) in [5.41, 5.74) is 0.229. The number of amides is 1. The monoisotopic (exact) mass is 353 g/mol. The third-order valence-corrected chi connectivity index (χ3v) is 3.43. The fourth-order valence-corrected chi connectivity index (χ4v) is 2.21. The molecule has 1 aromatic carbocycles. The highest BCUT2D eigenvalue weighted by Crippen LogP contribution is 2.17. The van der Waals surface area contributed by atoms with Gasteiger partial charge in [-0.2, -0.15) is 5.10 Å². The summed E-state index contributed by atoms with van der Waals surface area (Å²) in [4.78, 5) is 24.8. The van der Waals surface area contributed by atoms with E-state index in [1.807, 2.05) is 0 Å². The Labute approximate surface area is 129 Å². The highest BCUT2D eigenvalue weighted by Gasteiger charge is 2.16. The standard InChI is InChI=1S/C14H13BrFN3O2/c1-18(8-9-7-10(15)3-4-11(9)16)14(21)12-5-6-13(20)19(2)17-12/h3-7H,8H2,1-2H3. The van der Waals surface area contributed by atoms with Crippen molar-refractivity contribution in [2.45, 2.75) is 6.54 Å². The van der Waals surface area contributed by atoms with Crippen molar-refractivity contribution in [2.75, 3.05) is 7.05 Å². The van der Waals surface area contributed by atoms with Crippen LogP contribution in [0.4, 0.5) is 4.39 Å². The van der Waals surface area contributed by atoms with E-state index in [-0.39, 0.29) is 29.5 Å². The molecular formula is C14H13BrFN3O2. The van der Waals surface area contributed by atoms with Gasteiger partial charge in [0.15, 0.2) is 0 Å². The molecule has 1 amide bonds. The van der Waals surface area contributed by atoms with Crippen LogP contribution in [0, 0.1) is 5.82 Å². The van der Waals surface area contributed by atoms with Crippen molar-refractivity contribution in [1.82, 2.24) is 14.7 Å². The van der Waals surface area contributed by atoms with E-state index in [4.69, 9.17) is 0 Å². The number of hydrogen-bond donors (Lipinski definition) is 0. The molecule has 110 valence electrons. The molecular weight excluding hydrogens is 341 g/mol. The van der Waals surface area contributed by atoms with E-state index in [9.17, 15) is 14.0 Å². The molecule has 2 rings (SSSR count). The molecule has 0 saturated carbocycles. The van der Waals surface area contributed by atoms with Gasteiger partial charge < -0.3 is 4.90 Å². The van der Waals surface area contributed by atoms with Crippen molar-refractivity contribution in [2.24, 2.45) is 7.05 Å². The SMILES string of the molecule is CN(Cc1cc(Br)ccc1F)C(=O)c1ccc(=O)n(C)n1. The average Bonchev–Trinajstić information content (AvgIpc) is 2.45. The predicted molar refractivity (Wildman–Crippen MR) is 79.4 cm³/mol. The number of halogens is 2. The Balaban J connectivity index is 2.21. The molecule has 1 heterocycles. The third-order valence-electron chi connectivity index (χ3n) is 2.94. The number of aromatic nitrogens is 2. The van der Waals surface area contributed by atoms with Gasteiger partial charge >= 0.3 is 0 Å². The first kappa shape index (κ1) is 15.4. The quantitative estimate of drug-likeness (QED) is 0.847. The smallest absolute Gasteiger partial charge is 0.274 e. The topological polar surface area (TPSA) is 55.2 Å². The van der Waals surface area contributed by atoms with E-state index in [1.54, 1.807) is 19.2 Å². The fraction of sp³-hybridized carbons (Fsp3) is 0.214. The van der Waals surface area contributed by atoms with Crippen molar-refractivity contribution in [3.63, 3.8) is 0 Å². The van der Waals surface area contributed by atoms with Crippen LogP contribution in [0.1, 0.15) is 16.1 Å². The van der Waals surface area contributed by atoms with Crippen molar-refractivity contribution in [3.8, 4) is 0 Å². The van der Waals surface area contributed by atoms with E-state index in [0.29, 0.717) is 5.56 Å². The Morgan fingerprint density at radius 2 is 2.10 bits per heavy atom. The lowest BCUT2D eigenvalue weighted by molar-refractivity contribution is 0.0775. The van der Waals surface area contributed by atoms with Gasteiger partial charge in [0.05, 0.1) is 0 Å². The van der Waals surface area contributed by atoms with Crippen LogP contribution >= 0.6 is 15.9 Å². The molecule has 0 saturated heterocycles. The van der Waals surface area contributed by atoms with Crippen molar-refractivity contribution >= 4 is 21.8 Å². The van der Waals surface area contributed by atoms with E-state index >= 15 is 0 Å². The first-order valence-corrected chi connectivity index (χ1v) is 6.91. The highest BCUT2D eigenvalue weighted by molar-refractivity contribution is 9.10. The average molecular weight is 354 g/mol. The summed E-state index contributed by atoms with van der Waals surface area (Å²) in [6.07, 6.45) is 0. The molecule has 7 heteroatoms. The molecule has 0 aliphatic carbocycles. The number of carbonyl (C=O) groups is 1. The summed E-state index contributed by atoms with van der Waals surface area (Å²) in [5.74, 6) is -0.767. The zero-order valence-electron chi connectivity index (χ0n) is 11.5. The molecule has 0 N–H and O–H groups in total. The molecule has 0 spiro atoms. The fourth-order valence-electron chi connectivity index (χ4n) is 1.80. The Morgan fingerprint density at radius 3 is 2.76 bits per heavy atom. The van der Waals surface area contributed by atoms with Crippen LogP contribution < -0.4 is 5.56 Å². The van der Waals surface area contributed by atoms with Gasteiger partial charge in [-0.3, -0.25) is 9.59 Å². The molecule has 5 nitrogen and oxygen atoms in total. The van der Waals surface area contributed by atoms with Crippen LogP contribution in [0.2, 0.25) is 0 Å². The summed E-state index contributed by atoms with van der Waals surface area (Å²) in [5, 5.41) is 3.89. The van der Waals surface area contributed by atoms with E-state index in [2.05, 4.69) is 21.0 Å². The molecule has 0 fully saturated rings. The summed E-state index contributed by atoms with van der Waals surface area (Å²) < 4.78 is 15.5. The Kier molecular flexibility index (Phi) is 4.52. The van der Waals surface area contributed by atoms with Crippen LogP contribution in [-0.2, 0) is 13.6 Å². The van der Waals surface area contributed by atoms with E-state index in [1.165, 1.54) is 30.1 Å². The van der Waals surface area contributed by atoms with Gasteiger partial charge in [0, 0.05) is 36.7 Å². The highest BCUT2D eigenvalue weighted by atomic mass is 79.9. The van der Waals surface area contributed by atoms with Gasteiger partial charge in [-0.1, -0.05) is 15.9 Å². The number of benzene rings is 1. The summed E-state index contributed by atoms with van der Waals surface area (Å²) in [7, 11) is 3.02. The van der Waals surface area contributed by atoms with Gasteiger partial charge in [-0.15, -0.1) is 0 Å². The first-order chi connectivity index (χ1) is 9.88. The minimum atomic E-state index is -0.384. The molecule has 1 aromatic heterocycles.